The van der Waals surface area contributed by atoms with Crippen molar-refractivity contribution in [3.05, 3.63) is 30.3 Å². The number of aliphatic hydroxyl groups is 16. The Hall–Kier alpha value is -2.67. The molecule has 0 aromatic heterocycles. The van der Waals surface area contributed by atoms with Crippen LogP contribution in [0.3, 0.4) is 0 Å². The van der Waals surface area contributed by atoms with Gasteiger partial charge in [0.25, 0.3) is 0 Å². The van der Waals surface area contributed by atoms with Gasteiger partial charge in [-0.25, -0.2) is 0 Å². The topological polar surface area (TPSA) is 499 Å². The van der Waals surface area contributed by atoms with E-state index >= 15 is 0 Å². The second-order valence-corrected chi connectivity index (χ2v) is 21.2. The van der Waals surface area contributed by atoms with Crippen LogP contribution in [0.5, 0.6) is 5.75 Å². The average molecular weight is 1190 g/mol. The van der Waals surface area contributed by atoms with Crippen LogP contribution in [-0.2, 0) is 61.6 Å². The maximum absolute atomic E-state index is 12.9. The largest absolute Gasteiger partial charge is 0.490 e. The number of hydrogen-bond acceptors (Lipinski definition) is 31. The summed E-state index contributed by atoms with van der Waals surface area (Å²) in [5.74, 6) is -0.450. The van der Waals surface area contributed by atoms with Crippen LogP contribution < -0.4 is 15.8 Å². The van der Waals surface area contributed by atoms with Gasteiger partial charge >= 0.3 is 0 Å². The minimum atomic E-state index is -2.19. The Bertz CT molecular complexity index is 2060. The van der Waals surface area contributed by atoms with Gasteiger partial charge in [-0.1, -0.05) is 18.2 Å². The summed E-state index contributed by atoms with van der Waals surface area (Å²) >= 11 is 0. The molecule has 32 nitrogen and oxygen atoms in total. The molecule has 0 bridgehead atoms. The van der Waals surface area contributed by atoms with E-state index < -0.39 is 217 Å². The third-order valence-electron chi connectivity index (χ3n) is 15.2. The molecule has 6 saturated heterocycles. The van der Waals surface area contributed by atoms with Crippen molar-refractivity contribution < 1.29 is 148 Å². The van der Waals surface area contributed by atoms with Gasteiger partial charge in [0.1, 0.15) is 140 Å². The summed E-state index contributed by atoms with van der Waals surface area (Å²) in [6.45, 7) is -1.79. The van der Waals surface area contributed by atoms with Gasteiger partial charge in [-0.3, -0.25) is 4.79 Å². The number of carbonyl (C=O) groups excluding carboxylic acids is 1. The smallest absolute Gasteiger partial charge is 0.217 e. The number of aliphatic hydroxyl groups excluding tert-OH is 16. The van der Waals surface area contributed by atoms with E-state index in [1.165, 1.54) is 6.92 Å². The summed E-state index contributed by atoms with van der Waals surface area (Å²) in [4.78, 5) is 12.9. The number of rotatable bonds is 25. The summed E-state index contributed by atoms with van der Waals surface area (Å²) in [6.07, 6.45) is -47.3. The first-order valence-electron chi connectivity index (χ1n) is 27.2. The quantitative estimate of drug-likeness (QED) is 0.0404. The Balaban J connectivity index is 1.08. The molecule has 7 rings (SSSR count). The van der Waals surface area contributed by atoms with Crippen molar-refractivity contribution in [2.75, 3.05) is 52.8 Å². The molecular formula is C50H82N2O30. The molecule has 1 aromatic carbocycles. The van der Waals surface area contributed by atoms with Crippen molar-refractivity contribution >= 4 is 5.91 Å². The lowest BCUT2D eigenvalue weighted by atomic mass is 9.91. The Morgan fingerprint density at radius 1 is 0.537 bits per heavy atom. The van der Waals surface area contributed by atoms with E-state index in [-0.39, 0.29) is 19.6 Å². The van der Waals surface area contributed by atoms with Crippen molar-refractivity contribution in [1.82, 2.24) is 5.32 Å². The number of para-hydroxylation sites is 1. The second kappa shape index (κ2) is 30.3. The average Bonchev–Trinajstić information content (AvgIpc) is 3.64. The van der Waals surface area contributed by atoms with Crippen LogP contribution in [0.1, 0.15) is 39.5 Å². The van der Waals surface area contributed by atoms with E-state index in [0.717, 1.165) is 19.8 Å². The normalized spacial score (nSPS) is 45.6. The predicted molar refractivity (Wildman–Crippen MR) is 265 cm³/mol. The molecule has 17 unspecified atom stereocenters. The molecule has 29 atom stereocenters. The molecule has 6 heterocycles. The lowest BCUT2D eigenvalue weighted by Gasteiger charge is -2.51. The highest BCUT2D eigenvalue weighted by Gasteiger charge is 2.58. The van der Waals surface area contributed by atoms with Crippen molar-refractivity contribution in [1.29, 1.82) is 0 Å². The second-order valence-electron chi connectivity index (χ2n) is 21.2. The lowest BCUT2D eigenvalue weighted by Crippen LogP contribution is -2.70. The Kier molecular flexibility index (Phi) is 24.7. The maximum atomic E-state index is 12.9. The highest BCUT2D eigenvalue weighted by atomic mass is 16.8. The van der Waals surface area contributed by atoms with E-state index in [2.05, 4.69) is 5.32 Å². The number of nitrogens with two attached hydrogens (primary N) is 1. The first kappa shape index (κ1) is 66.8. The lowest BCUT2D eigenvalue weighted by molar-refractivity contribution is -0.391. The van der Waals surface area contributed by atoms with Gasteiger partial charge in [0.15, 0.2) is 37.7 Å². The van der Waals surface area contributed by atoms with Gasteiger partial charge in [0, 0.05) is 20.0 Å². The molecule has 6 aliphatic heterocycles. The van der Waals surface area contributed by atoms with Crippen molar-refractivity contribution in [2.24, 2.45) is 5.73 Å². The van der Waals surface area contributed by atoms with Crippen LogP contribution in [0, 0.1) is 0 Å². The highest BCUT2D eigenvalue weighted by molar-refractivity contribution is 5.73. The summed E-state index contributed by atoms with van der Waals surface area (Å²) in [5.41, 5.74) is 4.00. The van der Waals surface area contributed by atoms with Crippen molar-refractivity contribution in [3.8, 4) is 5.75 Å². The summed E-state index contributed by atoms with van der Waals surface area (Å²) in [6, 6.07) is 6.73. The number of carbonyl (C=O) groups is 1. The molecular weight excluding hydrogens is 1110 g/mol. The van der Waals surface area contributed by atoms with Crippen molar-refractivity contribution in [2.45, 2.75) is 217 Å². The van der Waals surface area contributed by atoms with Crippen molar-refractivity contribution in [3.63, 3.8) is 0 Å². The number of hydrogen-bond donors (Lipinski definition) is 18. The zero-order valence-electron chi connectivity index (χ0n) is 45.0. The van der Waals surface area contributed by atoms with Gasteiger partial charge in [-0.05, 0) is 44.9 Å². The minimum Gasteiger partial charge on any atom is -0.490 e. The van der Waals surface area contributed by atoms with Crippen LogP contribution in [0.25, 0.3) is 0 Å². The monoisotopic (exact) mass is 1190 g/mol. The molecule has 19 N–H and O–H groups in total. The zero-order valence-corrected chi connectivity index (χ0v) is 45.0. The minimum absolute atomic E-state index is 0.132. The Morgan fingerprint density at radius 2 is 1.09 bits per heavy atom. The van der Waals surface area contributed by atoms with Crippen LogP contribution in [0.2, 0.25) is 0 Å². The number of ether oxygens (including phenoxy) is 13. The third kappa shape index (κ3) is 15.5. The molecule has 6 fully saturated rings. The Morgan fingerprint density at radius 3 is 1.73 bits per heavy atom. The summed E-state index contributed by atoms with van der Waals surface area (Å²) < 4.78 is 76.9. The van der Waals surface area contributed by atoms with Gasteiger partial charge in [-0.2, -0.15) is 0 Å². The van der Waals surface area contributed by atoms with Gasteiger partial charge in [0.2, 0.25) is 5.91 Å². The SMILES string of the molecule is CC(=O)NC1C(O[C@@H]2OC(CO)[C@H](O)C(O)[C@@H]2O[C@@H]2OC(C)[C@@H](O)C(O)C2O)[C@@H](O)C(CO)O[C@H]1OC1C(O)[C@@H](O[C@H]2C(CO)O[C@@H](OCC3(COc4ccccc4)CC(O)C(O)[C@H](OCCCCCN)O3)C(O)C2O)OC(CO)[C@@H]1O. The molecule has 0 spiro atoms. The third-order valence-corrected chi connectivity index (χ3v) is 15.2. The first-order valence-corrected chi connectivity index (χ1v) is 27.2. The molecule has 1 aromatic rings. The highest BCUT2D eigenvalue weighted by Crippen LogP contribution is 2.38. The molecule has 1 amide bonds. The fourth-order valence-electron chi connectivity index (χ4n) is 10.5. The number of amides is 1. The summed E-state index contributed by atoms with van der Waals surface area (Å²) in [7, 11) is 0. The summed E-state index contributed by atoms with van der Waals surface area (Å²) in [5, 5.41) is 178. The van der Waals surface area contributed by atoms with Crippen LogP contribution in [0.4, 0.5) is 0 Å². The van der Waals surface area contributed by atoms with Gasteiger partial charge in [-0.15, -0.1) is 0 Å². The molecule has 0 saturated carbocycles. The predicted octanol–water partition coefficient (Wildman–Crippen LogP) is -9.30. The zero-order chi connectivity index (χ0) is 59.7. The number of nitrogens with one attached hydrogen (secondary N) is 1. The van der Waals surface area contributed by atoms with Crippen LogP contribution in [0.15, 0.2) is 30.3 Å². The van der Waals surface area contributed by atoms with E-state index in [1.807, 2.05) is 0 Å². The molecule has 82 heavy (non-hydrogen) atoms. The fourth-order valence-corrected chi connectivity index (χ4v) is 10.5. The fraction of sp³-hybridized carbons (Fsp3) is 0.860. The van der Waals surface area contributed by atoms with E-state index in [0.29, 0.717) is 18.7 Å². The first-order chi connectivity index (χ1) is 39.1. The van der Waals surface area contributed by atoms with E-state index in [9.17, 15) is 86.5 Å². The maximum Gasteiger partial charge on any atom is 0.217 e. The number of benzene rings is 1. The molecule has 32 heteroatoms. The van der Waals surface area contributed by atoms with E-state index in [1.54, 1.807) is 30.3 Å². The van der Waals surface area contributed by atoms with Gasteiger partial charge < -0.3 is 154 Å². The molecule has 0 aliphatic carbocycles. The molecule has 0 radical (unpaired) electrons. The van der Waals surface area contributed by atoms with Crippen LogP contribution in [-0.4, -0.2) is 318 Å². The van der Waals surface area contributed by atoms with E-state index in [4.69, 9.17) is 67.3 Å². The van der Waals surface area contributed by atoms with Gasteiger partial charge in [0.05, 0.1) is 45.2 Å². The number of unbranched alkanes of at least 4 members (excludes halogenated alkanes) is 2. The van der Waals surface area contributed by atoms with Crippen LogP contribution >= 0.6 is 0 Å². The Labute approximate surface area is 470 Å². The standard InChI is InChI=1S/C50H82N2O30/c1-20-29(59)34(64)37(67)47(73-20)81-43-35(65)31(61)24(14-53)76-49(43)79-41-28(52-21(2)57)44(74-25(15-54)32(41)62)80-42-33(63)26(16-55)75-48(39(42)69)78-40-27(17-56)77-45(38(68)36(40)66)72-19-50(18-71-22-9-5-3-6-10-22)13-23(58)30(60)46(82-50)70-12-8-4-7-11-51/h3,5-6,9-10,20,23-49,53-56,58-69H,4,7-8,11-19,51H2,1-2H3,(H,52,57)/t20?,23?,24?,25?,26?,27?,28?,29-,30?,31+,32+,33+,34?,35?,36?,37?,38?,39?,40+,41?,42?,43+,44+,45-,46-,47+,48-,49+,50?/m1/s1. The molecule has 6 aliphatic rings. The molecule has 472 valence electrons.